The molecule has 0 N–H and O–H groups in total. The van der Waals surface area contributed by atoms with Gasteiger partial charge in [0.15, 0.2) is 5.17 Å². The zero-order valence-electron chi connectivity index (χ0n) is 14.0. The number of amides is 1. The van der Waals surface area contributed by atoms with E-state index < -0.39 is 17.6 Å². The summed E-state index contributed by atoms with van der Waals surface area (Å²) >= 11 is 1.38. The predicted octanol–water partition coefficient (Wildman–Crippen LogP) is 5.01. The summed E-state index contributed by atoms with van der Waals surface area (Å²) < 4.78 is 39.7. The number of aliphatic imine (C=N–C) groups is 1. The van der Waals surface area contributed by atoms with Crippen LogP contribution < -0.4 is 0 Å². The second kappa shape index (κ2) is 7.53. The van der Waals surface area contributed by atoms with Gasteiger partial charge in [-0.15, -0.1) is 0 Å². The van der Waals surface area contributed by atoms with Crippen molar-refractivity contribution in [1.82, 2.24) is 4.90 Å². The van der Waals surface area contributed by atoms with Gasteiger partial charge >= 0.3 is 6.18 Å². The van der Waals surface area contributed by atoms with Gasteiger partial charge < -0.3 is 0 Å². The summed E-state index contributed by atoms with van der Waals surface area (Å²) in [6, 6.07) is 14.2. The number of thioether (sulfide) groups is 1. The first-order valence-electron chi connectivity index (χ1n) is 8.11. The van der Waals surface area contributed by atoms with Crippen molar-refractivity contribution in [3.05, 3.63) is 71.3 Å². The molecule has 0 saturated carbocycles. The molecule has 3 nitrogen and oxygen atoms in total. The van der Waals surface area contributed by atoms with Crippen LogP contribution in [-0.4, -0.2) is 28.3 Å². The molecule has 0 unspecified atom stereocenters. The Morgan fingerprint density at radius 3 is 2.46 bits per heavy atom. The van der Waals surface area contributed by atoms with Crippen molar-refractivity contribution < 1.29 is 18.0 Å². The number of carbonyl (C=O) groups excluding carboxylic acids is 1. The van der Waals surface area contributed by atoms with Crippen LogP contribution in [0.25, 0.3) is 0 Å². The largest absolute Gasteiger partial charge is 0.417 e. The number of halogens is 3. The highest BCUT2D eigenvalue weighted by molar-refractivity contribution is 8.14. The van der Waals surface area contributed by atoms with Crippen molar-refractivity contribution >= 4 is 22.8 Å². The lowest BCUT2D eigenvalue weighted by Crippen LogP contribution is -2.33. The monoisotopic (exact) mass is 378 g/mol. The lowest BCUT2D eigenvalue weighted by molar-refractivity contribution is -0.138. The topological polar surface area (TPSA) is 32.7 Å². The highest BCUT2D eigenvalue weighted by Gasteiger charge is 2.37. The number of hydrogen-bond donors (Lipinski definition) is 0. The van der Waals surface area contributed by atoms with Gasteiger partial charge in [-0.25, -0.2) is 0 Å². The molecule has 2 aromatic rings. The summed E-state index contributed by atoms with van der Waals surface area (Å²) in [7, 11) is 0. The number of alkyl halides is 3. The Bertz CT molecular complexity index is 821. The Hall–Kier alpha value is -2.28. The number of carbonyl (C=O) groups is 1. The average Bonchev–Trinajstić information content (AvgIpc) is 3.09. The molecular weight excluding hydrogens is 361 g/mol. The van der Waals surface area contributed by atoms with Gasteiger partial charge in [0.25, 0.3) is 5.91 Å². The van der Waals surface area contributed by atoms with Gasteiger partial charge in [0, 0.05) is 12.3 Å². The van der Waals surface area contributed by atoms with Gasteiger partial charge in [-0.2, -0.15) is 13.2 Å². The van der Waals surface area contributed by atoms with E-state index in [0.717, 1.165) is 11.6 Å². The average molecular weight is 378 g/mol. The molecule has 1 atom stereocenters. The van der Waals surface area contributed by atoms with Crippen LogP contribution in [0.4, 0.5) is 13.2 Å². The molecule has 1 aliphatic rings. The smallest absolute Gasteiger partial charge is 0.287 e. The van der Waals surface area contributed by atoms with E-state index in [1.807, 2.05) is 37.3 Å². The van der Waals surface area contributed by atoms with Crippen LogP contribution in [0, 0.1) is 0 Å². The Kier molecular flexibility index (Phi) is 5.36. The minimum atomic E-state index is -4.58. The third-order valence-electron chi connectivity index (χ3n) is 4.07. The van der Waals surface area contributed by atoms with Crippen molar-refractivity contribution in [3.63, 3.8) is 0 Å². The van der Waals surface area contributed by atoms with E-state index in [1.54, 1.807) is 0 Å². The molecule has 1 fully saturated rings. The Balaban J connectivity index is 1.89. The van der Waals surface area contributed by atoms with Crippen molar-refractivity contribution in [2.24, 2.45) is 4.99 Å². The number of nitrogens with zero attached hydrogens (tertiary/aromatic N) is 2. The quantitative estimate of drug-likeness (QED) is 0.752. The molecular formula is C19H17F3N2OS. The summed E-state index contributed by atoms with van der Waals surface area (Å²) in [5.41, 5.74) is -0.282. The summed E-state index contributed by atoms with van der Waals surface area (Å²) in [4.78, 5) is 18.7. The maximum atomic E-state index is 13.2. The zero-order chi connectivity index (χ0) is 18.7. The number of rotatable bonds is 3. The van der Waals surface area contributed by atoms with E-state index in [-0.39, 0.29) is 11.6 Å². The fourth-order valence-corrected chi connectivity index (χ4v) is 3.75. The van der Waals surface area contributed by atoms with Crippen molar-refractivity contribution in [1.29, 1.82) is 0 Å². The van der Waals surface area contributed by atoms with Gasteiger partial charge in [0.05, 0.1) is 17.2 Å². The van der Waals surface area contributed by atoms with Gasteiger partial charge in [-0.3, -0.25) is 14.7 Å². The van der Waals surface area contributed by atoms with Gasteiger partial charge in [0.2, 0.25) is 0 Å². The molecule has 0 aliphatic carbocycles. The second-order valence-electron chi connectivity index (χ2n) is 5.85. The molecule has 0 aromatic heterocycles. The van der Waals surface area contributed by atoms with Crippen LogP contribution in [0.2, 0.25) is 0 Å². The maximum Gasteiger partial charge on any atom is 0.417 e. The Morgan fingerprint density at radius 1 is 1.12 bits per heavy atom. The summed E-state index contributed by atoms with van der Waals surface area (Å²) in [6.07, 6.45) is -4.58. The van der Waals surface area contributed by atoms with Crippen LogP contribution in [-0.2, 0) is 6.18 Å². The molecule has 3 rings (SSSR count). The minimum absolute atomic E-state index is 0.190. The van der Waals surface area contributed by atoms with Crippen LogP contribution >= 0.6 is 11.8 Å². The molecule has 2 aromatic carbocycles. The van der Waals surface area contributed by atoms with Gasteiger partial charge in [-0.05, 0) is 24.6 Å². The van der Waals surface area contributed by atoms with Crippen LogP contribution in [0.1, 0.15) is 34.5 Å². The first-order valence-corrected chi connectivity index (χ1v) is 9.10. The Labute approximate surface area is 153 Å². The molecule has 1 amide bonds. The number of benzene rings is 2. The summed E-state index contributed by atoms with van der Waals surface area (Å²) in [5.74, 6) is -0.0535. The van der Waals surface area contributed by atoms with Crippen LogP contribution in [0.15, 0.2) is 59.6 Å². The van der Waals surface area contributed by atoms with E-state index in [2.05, 4.69) is 4.99 Å². The lowest BCUT2D eigenvalue weighted by Gasteiger charge is -2.20. The molecule has 7 heteroatoms. The molecule has 136 valence electrons. The van der Waals surface area contributed by atoms with E-state index in [1.165, 1.54) is 34.9 Å². The summed E-state index contributed by atoms with van der Waals surface area (Å²) in [5, 5.41) is 0.461. The normalized spacial score (nSPS) is 17.5. The van der Waals surface area contributed by atoms with E-state index in [9.17, 15) is 18.0 Å². The molecule has 1 heterocycles. The highest BCUT2D eigenvalue weighted by atomic mass is 32.2. The SMILES string of the molecule is C[C@H](N=C1SCCN1C(=O)c1ccccc1C(F)(F)F)c1ccccc1. The van der Waals surface area contributed by atoms with Crippen molar-refractivity contribution in [2.45, 2.75) is 19.1 Å². The number of amidine groups is 1. The molecule has 1 saturated heterocycles. The fourth-order valence-electron chi connectivity index (χ4n) is 2.73. The molecule has 0 spiro atoms. The number of hydrogen-bond acceptors (Lipinski definition) is 3. The molecule has 26 heavy (non-hydrogen) atoms. The first-order chi connectivity index (χ1) is 12.4. The molecule has 0 radical (unpaired) electrons. The standard InChI is InChI=1S/C19H17F3N2OS/c1-13(14-7-3-2-4-8-14)23-18-24(11-12-26-18)17(25)15-9-5-6-10-16(15)19(20,21)22/h2-10,13H,11-12H2,1H3/t13-/m0/s1. The zero-order valence-corrected chi connectivity index (χ0v) is 14.8. The van der Waals surface area contributed by atoms with Crippen molar-refractivity contribution in [3.8, 4) is 0 Å². The maximum absolute atomic E-state index is 13.2. The van der Waals surface area contributed by atoms with Crippen LogP contribution in [0.5, 0.6) is 0 Å². The first kappa shape index (κ1) is 18.5. The van der Waals surface area contributed by atoms with Crippen molar-refractivity contribution in [2.75, 3.05) is 12.3 Å². The van der Waals surface area contributed by atoms with E-state index >= 15 is 0 Å². The minimum Gasteiger partial charge on any atom is -0.287 e. The third kappa shape index (κ3) is 3.93. The second-order valence-corrected chi connectivity index (χ2v) is 6.91. The van der Waals surface area contributed by atoms with Crippen LogP contribution in [0.3, 0.4) is 0 Å². The Morgan fingerprint density at radius 2 is 1.77 bits per heavy atom. The van der Waals surface area contributed by atoms with E-state index in [0.29, 0.717) is 17.5 Å². The summed E-state index contributed by atoms with van der Waals surface area (Å²) in [6.45, 7) is 2.24. The highest BCUT2D eigenvalue weighted by Crippen LogP contribution is 2.33. The van der Waals surface area contributed by atoms with E-state index in [4.69, 9.17) is 0 Å². The molecule has 0 bridgehead atoms. The fraction of sp³-hybridized carbons (Fsp3) is 0.263. The third-order valence-corrected chi connectivity index (χ3v) is 5.04. The predicted molar refractivity (Wildman–Crippen MR) is 97.2 cm³/mol. The van der Waals surface area contributed by atoms with Gasteiger partial charge in [0.1, 0.15) is 0 Å². The lowest BCUT2D eigenvalue weighted by atomic mass is 10.1. The molecule has 1 aliphatic heterocycles. The van der Waals surface area contributed by atoms with Gasteiger partial charge in [-0.1, -0.05) is 54.2 Å².